The molecular weight excluding hydrogens is 473 g/mol. The summed E-state index contributed by atoms with van der Waals surface area (Å²) in [6.45, 7) is 5.93. The van der Waals surface area contributed by atoms with Gasteiger partial charge in [0, 0.05) is 17.5 Å². The summed E-state index contributed by atoms with van der Waals surface area (Å²) >= 11 is 0. The molecule has 0 saturated heterocycles. The molecule has 192 valence electrons. The third-order valence-electron chi connectivity index (χ3n) is 6.15. The van der Waals surface area contributed by atoms with Crippen LogP contribution >= 0.6 is 0 Å². The van der Waals surface area contributed by atoms with Crippen LogP contribution in [0.5, 0.6) is 0 Å². The van der Waals surface area contributed by atoms with E-state index in [-0.39, 0.29) is 18.2 Å². The zero-order valence-corrected chi connectivity index (χ0v) is 21.0. The van der Waals surface area contributed by atoms with Gasteiger partial charge in [0.05, 0.1) is 41.1 Å². The van der Waals surface area contributed by atoms with E-state index in [0.29, 0.717) is 5.65 Å². The predicted octanol–water partition coefficient (Wildman–Crippen LogP) is 5.26. The lowest BCUT2D eigenvalue weighted by Gasteiger charge is -2.17. The molecule has 0 bridgehead atoms. The van der Waals surface area contributed by atoms with E-state index in [1.54, 1.807) is 22.9 Å². The van der Waals surface area contributed by atoms with Crippen LogP contribution in [0.3, 0.4) is 0 Å². The molecule has 4 rings (SSSR count). The summed E-state index contributed by atoms with van der Waals surface area (Å²) in [6.07, 6.45) is 0.465. The van der Waals surface area contributed by atoms with Crippen molar-refractivity contribution >= 4 is 23.1 Å². The number of carboxylic acid groups (broad SMARTS) is 1. The van der Waals surface area contributed by atoms with Gasteiger partial charge in [0.2, 0.25) is 0 Å². The summed E-state index contributed by atoms with van der Waals surface area (Å²) in [5.74, 6) is -1.49. The van der Waals surface area contributed by atoms with Crippen LogP contribution in [-0.4, -0.2) is 48.3 Å². The van der Waals surface area contributed by atoms with Crippen molar-refractivity contribution in [2.45, 2.75) is 51.7 Å². The van der Waals surface area contributed by atoms with Crippen molar-refractivity contribution in [1.29, 1.82) is 0 Å². The number of carbonyl (C=O) groups is 1. The highest BCUT2D eigenvalue weighted by Gasteiger charge is 2.23. The molecule has 2 aromatic carbocycles. The third kappa shape index (κ3) is 5.76. The number of benzene rings is 2. The van der Waals surface area contributed by atoms with Gasteiger partial charge in [-0.25, -0.2) is 14.1 Å². The van der Waals surface area contributed by atoms with Gasteiger partial charge in [-0.2, -0.15) is 5.10 Å². The zero-order valence-electron chi connectivity index (χ0n) is 21.0. The largest absolute Gasteiger partial charge is 0.481 e. The number of aromatic nitrogens is 3. The maximum Gasteiger partial charge on any atom is 0.305 e. The van der Waals surface area contributed by atoms with Crippen molar-refractivity contribution in [3.8, 4) is 16.8 Å². The highest BCUT2D eigenvalue weighted by molar-refractivity contribution is 6.00. The Hall–Kier alpha value is -3.88. The van der Waals surface area contributed by atoms with E-state index in [4.69, 9.17) is 15.2 Å². The molecular formula is C29H30FN3O4. The average molecular weight is 504 g/mol. The molecule has 2 unspecified atom stereocenters. The molecule has 0 aliphatic carbocycles. The van der Waals surface area contributed by atoms with Crippen LogP contribution in [0.1, 0.15) is 49.6 Å². The molecule has 0 saturated carbocycles. The van der Waals surface area contributed by atoms with Gasteiger partial charge in [-0.15, -0.1) is 0 Å². The Bertz CT molecular complexity index is 1430. The summed E-state index contributed by atoms with van der Waals surface area (Å²) in [5, 5.41) is 34.9. The molecule has 3 N–H and O–H groups in total. The van der Waals surface area contributed by atoms with Crippen LogP contribution in [-0.2, 0) is 4.79 Å². The average Bonchev–Trinajstić information content (AvgIpc) is 3.18. The second-order valence-corrected chi connectivity index (χ2v) is 9.39. The molecule has 2 heterocycles. The van der Waals surface area contributed by atoms with E-state index in [1.807, 2.05) is 51.1 Å². The van der Waals surface area contributed by atoms with E-state index in [0.717, 1.165) is 39.2 Å². The van der Waals surface area contributed by atoms with Crippen LogP contribution in [0.4, 0.5) is 4.39 Å². The van der Waals surface area contributed by atoms with Crippen LogP contribution in [0.2, 0.25) is 0 Å². The number of hydrogen-bond acceptors (Lipinski definition) is 5. The van der Waals surface area contributed by atoms with Gasteiger partial charge < -0.3 is 15.3 Å². The fourth-order valence-electron chi connectivity index (χ4n) is 4.47. The second kappa shape index (κ2) is 11.0. The number of halogens is 1. The molecule has 0 aliphatic rings. The Morgan fingerprint density at radius 2 is 1.76 bits per heavy atom. The molecule has 0 fully saturated rings. The number of aryl methyl sites for hydroxylation is 1. The number of nitrogens with zero attached hydrogens (tertiary/aromatic N) is 3. The molecule has 2 aromatic heterocycles. The summed E-state index contributed by atoms with van der Waals surface area (Å²) in [6, 6.07) is 15.9. The van der Waals surface area contributed by atoms with Crippen molar-refractivity contribution in [3.05, 3.63) is 83.4 Å². The SMILES string of the molecule is Cc1nn(-c2ccccc2)c2nc(C(C)C)c(/C=C/C(O)CC(O)CC(=O)O)c(-c3ccc(F)cc3)c12. The molecule has 0 spiro atoms. The Kier molecular flexibility index (Phi) is 7.80. The van der Waals surface area contributed by atoms with Gasteiger partial charge in [0.15, 0.2) is 5.65 Å². The van der Waals surface area contributed by atoms with Crippen molar-refractivity contribution in [3.63, 3.8) is 0 Å². The topological polar surface area (TPSA) is 108 Å². The number of aliphatic carboxylic acids is 1. The van der Waals surface area contributed by atoms with E-state index in [1.165, 1.54) is 18.2 Å². The summed E-state index contributed by atoms with van der Waals surface area (Å²) in [7, 11) is 0. The summed E-state index contributed by atoms with van der Waals surface area (Å²) < 4.78 is 15.7. The summed E-state index contributed by atoms with van der Waals surface area (Å²) in [5.41, 5.74) is 5.36. The van der Waals surface area contributed by atoms with Crippen molar-refractivity contribution in [1.82, 2.24) is 14.8 Å². The molecule has 0 amide bonds. The highest BCUT2D eigenvalue weighted by Crippen LogP contribution is 2.38. The van der Waals surface area contributed by atoms with Crippen LogP contribution in [0.25, 0.3) is 33.9 Å². The van der Waals surface area contributed by atoms with Gasteiger partial charge >= 0.3 is 5.97 Å². The maximum atomic E-state index is 13.9. The van der Waals surface area contributed by atoms with Crippen molar-refractivity contribution in [2.75, 3.05) is 0 Å². The smallest absolute Gasteiger partial charge is 0.305 e. The number of aliphatic hydroxyl groups excluding tert-OH is 2. The number of fused-ring (bicyclic) bond motifs is 1. The van der Waals surface area contributed by atoms with Crippen molar-refractivity contribution < 1.29 is 24.5 Å². The van der Waals surface area contributed by atoms with Gasteiger partial charge in [0.25, 0.3) is 0 Å². The lowest BCUT2D eigenvalue weighted by Crippen LogP contribution is -2.19. The molecule has 37 heavy (non-hydrogen) atoms. The minimum absolute atomic E-state index is 0.00239. The number of aliphatic hydroxyl groups is 2. The number of hydrogen-bond donors (Lipinski definition) is 3. The van der Waals surface area contributed by atoms with Crippen LogP contribution < -0.4 is 0 Å². The number of carboxylic acids is 1. The minimum Gasteiger partial charge on any atom is -0.481 e. The fourth-order valence-corrected chi connectivity index (χ4v) is 4.47. The lowest BCUT2D eigenvalue weighted by atomic mass is 9.91. The Morgan fingerprint density at radius 3 is 2.38 bits per heavy atom. The highest BCUT2D eigenvalue weighted by atomic mass is 19.1. The van der Waals surface area contributed by atoms with Gasteiger partial charge in [0.1, 0.15) is 5.82 Å². The van der Waals surface area contributed by atoms with Crippen LogP contribution in [0, 0.1) is 12.7 Å². The molecule has 0 radical (unpaired) electrons. The van der Waals surface area contributed by atoms with E-state index >= 15 is 0 Å². The Labute approximate surface area is 214 Å². The first-order valence-electron chi connectivity index (χ1n) is 12.2. The normalized spacial score (nSPS) is 13.5. The van der Waals surface area contributed by atoms with Gasteiger partial charge in [-0.3, -0.25) is 4.79 Å². The van der Waals surface area contributed by atoms with Gasteiger partial charge in [-0.1, -0.05) is 56.3 Å². The van der Waals surface area contributed by atoms with E-state index in [2.05, 4.69) is 0 Å². The van der Waals surface area contributed by atoms with Crippen molar-refractivity contribution in [2.24, 2.45) is 0 Å². The minimum atomic E-state index is -1.18. The summed E-state index contributed by atoms with van der Waals surface area (Å²) in [4.78, 5) is 15.9. The Morgan fingerprint density at radius 1 is 1.08 bits per heavy atom. The number of pyridine rings is 1. The molecule has 0 aliphatic heterocycles. The first kappa shape index (κ1) is 26.2. The molecule has 2 atom stereocenters. The fraction of sp³-hybridized carbons (Fsp3) is 0.276. The van der Waals surface area contributed by atoms with Crippen LogP contribution in [0.15, 0.2) is 60.7 Å². The third-order valence-corrected chi connectivity index (χ3v) is 6.15. The monoisotopic (exact) mass is 503 g/mol. The molecule has 8 heteroatoms. The standard InChI is InChI=1S/C29H30FN3O4/c1-17(2)28-24(14-13-22(34)15-23(35)16-25(36)37)27(19-9-11-20(30)12-10-19)26-18(3)32-33(29(26)31-28)21-7-5-4-6-8-21/h4-14,17,22-23,34-35H,15-16H2,1-3H3,(H,36,37)/b14-13+. The van der Waals surface area contributed by atoms with Gasteiger partial charge in [-0.05, 0) is 42.7 Å². The second-order valence-electron chi connectivity index (χ2n) is 9.39. The molecule has 7 nitrogen and oxygen atoms in total. The first-order chi connectivity index (χ1) is 17.7. The maximum absolute atomic E-state index is 13.9. The first-order valence-corrected chi connectivity index (χ1v) is 12.2. The number of para-hydroxylation sites is 1. The lowest BCUT2D eigenvalue weighted by molar-refractivity contribution is -0.139. The van der Waals surface area contributed by atoms with E-state index in [9.17, 15) is 19.4 Å². The van der Waals surface area contributed by atoms with E-state index < -0.39 is 24.6 Å². The quantitative estimate of drug-likeness (QED) is 0.288. The Balaban J connectivity index is 1.94. The number of rotatable bonds is 9. The zero-order chi connectivity index (χ0) is 26.7. The predicted molar refractivity (Wildman–Crippen MR) is 141 cm³/mol. The molecule has 4 aromatic rings.